The van der Waals surface area contributed by atoms with Crippen LogP contribution in [0.3, 0.4) is 0 Å². The van der Waals surface area contributed by atoms with Crippen LogP contribution in [-0.2, 0) is 16.1 Å². The van der Waals surface area contributed by atoms with Crippen LogP contribution in [0.25, 0.3) is 6.08 Å². The Morgan fingerprint density at radius 3 is 2.29 bits per heavy atom. The molecule has 1 atom stereocenters. The highest BCUT2D eigenvalue weighted by molar-refractivity contribution is 6.39. The van der Waals surface area contributed by atoms with Crippen molar-refractivity contribution in [2.45, 2.75) is 32.7 Å². The van der Waals surface area contributed by atoms with Crippen LogP contribution >= 0.6 is 23.2 Å². The number of benzene rings is 2. The highest BCUT2D eigenvalue weighted by Crippen LogP contribution is 2.28. The van der Waals surface area contributed by atoms with E-state index < -0.39 is 17.8 Å². The van der Waals surface area contributed by atoms with E-state index in [0.29, 0.717) is 33.9 Å². The van der Waals surface area contributed by atoms with Crippen molar-refractivity contribution in [3.63, 3.8) is 0 Å². The molecular formula is C26H23Cl2N3O3. The van der Waals surface area contributed by atoms with Gasteiger partial charge in [0.05, 0.1) is 12.2 Å². The number of barbiturate groups is 1. The summed E-state index contributed by atoms with van der Waals surface area (Å²) < 4.78 is 1.82. The van der Waals surface area contributed by atoms with E-state index in [1.165, 1.54) is 6.08 Å². The molecule has 0 aliphatic carbocycles. The maximum Gasteiger partial charge on any atom is 0.335 e. The molecular weight excluding hydrogens is 473 g/mol. The lowest BCUT2D eigenvalue weighted by Crippen LogP contribution is -2.54. The van der Waals surface area contributed by atoms with E-state index in [2.05, 4.69) is 19.2 Å². The van der Waals surface area contributed by atoms with Crippen LogP contribution in [0, 0.1) is 0 Å². The predicted molar refractivity (Wildman–Crippen MR) is 134 cm³/mol. The van der Waals surface area contributed by atoms with Crippen LogP contribution in [0.4, 0.5) is 10.5 Å². The number of nitrogens with zero attached hydrogens (tertiary/aromatic N) is 2. The van der Waals surface area contributed by atoms with Gasteiger partial charge < -0.3 is 4.57 Å². The van der Waals surface area contributed by atoms with Crippen molar-refractivity contribution in [2.75, 3.05) is 4.90 Å². The summed E-state index contributed by atoms with van der Waals surface area (Å²) in [5, 5.41) is 3.30. The Morgan fingerprint density at radius 2 is 1.65 bits per heavy atom. The average molecular weight is 496 g/mol. The topological polar surface area (TPSA) is 71.4 Å². The van der Waals surface area contributed by atoms with E-state index in [1.54, 1.807) is 48.7 Å². The van der Waals surface area contributed by atoms with Crippen LogP contribution in [0.15, 0.2) is 66.4 Å². The smallest absolute Gasteiger partial charge is 0.335 e. The lowest BCUT2D eigenvalue weighted by atomic mass is 9.98. The quantitative estimate of drug-likeness (QED) is 0.335. The summed E-state index contributed by atoms with van der Waals surface area (Å²) in [5.74, 6) is -1.07. The molecule has 1 aromatic heterocycles. The summed E-state index contributed by atoms with van der Waals surface area (Å²) in [6, 6.07) is 15.3. The SMILES string of the molecule is CCC(C)c1ccc(N2C(=O)NC(=O)C(=Cc3cccn3Cc3c(Cl)cccc3Cl)C2=O)cc1. The molecule has 3 aromatic rings. The van der Waals surface area contributed by atoms with Gasteiger partial charge in [-0.3, -0.25) is 14.9 Å². The van der Waals surface area contributed by atoms with Crippen LogP contribution in [0.5, 0.6) is 0 Å². The second-order valence-electron chi connectivity index (χ2n) is 8.12. The van der Waals surface area contributed by atoms with Gasteiger partial charge in [-0.1, -0.05) is 55.2 Å². The largest absolute Gasteiger partial charge is 0.343 e. The van der Waals surface area contributed by atoms with Gasteiger partial charge in [0.1, 0.15) is 5.57 Å². The molecule has 0 radical (unpaired) electrons. The molecule has 0 saturated carbocycles. The summed E-state index contributed by atoms with van der Waals surface area (Å²) in [6.45, 7) is 4.55. The lowest BCUT2D eigenvalue weighted by Gasteiger charge is -2.26. The maximum absolute atomic E-state index is 13.3. The van der Waals surface area contributed by atoms with E-state index in [9.17, 15) is 14.4 Å². The standard InChI is InChI=1S/C26H23Cl2N3O3/c1-3-16(2)17-9-11-18(12-10-17)31-25(33)20(24(32)29-26(31)34)14-19-6-5-13-30(19)15-21-22(27)7-4-8-23(21)28/h4-14,16H,3,15H2,1-2H3,(H,29,32,34). The number of carbonyl (C=O) groups excluding carboxylic acids is 3. The minimum Gasteiger partial charge on any atom is -0.343 e. The number of imide groups is 2. The zero-order valence-corrected chi connectivity index (χ0v) is 20.2. The highest BCUT2D eigenvalue weighted by atomic mass is 35.5. The highest BCUT2D eigenvalue weighted by Gasteiger charge is 2.37. The number of urea groups is 1. The summed E-state index contributed by atoms with van der Waals surface area (Å²) in [6.07, 6.45) is 4.24. The van der Waals surface area contributed by atoms with Crippen LogP contribution in [0.1, 0.15) is 43.0 Å². The molecule has 174 valence electrons. The summed E-state index contributed by atoms with van der Waals surface area (Å²) in [4.78, 5) is 39.3. The van der Waals surface area contributed by atoms with E-state index in [4.69, 9.17) is 23.2 Å². The normalized spacial score (nSPS) is 16.2. The molecule has 34 heavy (non-hydrogen) atoms. The van der Waals surface area contributed by atoms with Crippen molar-refractivity contribution < 1.29 is 14.4 Å². The van der Waals surface area contributed by atoms with E-state index >= 15 is 0 Å². The molecule has 1 saturated heterocycles. The third kappa shape index (κ3) is 4.65. The minimum absolute atomic E-state index is 0.143. The zero-order valence-electron chi connectivity index (χ0n) is 18.7. The van der Waals surface area contributed by atoms with Gasteiger partial charge in [0.2, 0.25) is 0 Å². The monoisotopic (exact) mass is 495 g/mol. The maximum atomic E-state index is 13.3. The number of amides is 4. The molecule has 1 fully saturated rings. The zero-order chi connectivity index (χ0) is 24.4. The fourth-order valence-corrected chi connectivity index (χ4v) is 4.30. The number of carbonyl (C=O) groups is 3. The van der Waals surface area contributed by atoms with E-state index in [1.807, 2.05) is 16.7 Å². The van der Waals surface area contributed by atoms with E-state index in [-0.39, 0.29) is 5.57 Å². The summed E-state index contributed by atoms with van der Waals surface area (Å²) in [5.41, 5.74) is 2.68. The Kier molecular flexibility index (Phi) is 6.91. The Balaban J connectivity index is 1.65. The molecule has 2 aromatic carbocycles. The van der Waals surface area contributed by atoms with Gasteiger partial charge in [0.25, 0.3) is 11.8 Å². The van der Waals surface area contributed by atoms with Crippen molar-refractivity contribution in [1.82, 2.24) is 9.88 Å². The number of halogens is 2. The van der Waals surface area contributed by atoms with Gasteiger partial charge >= 0.3 is 6.03 Å². The van der Waals surface area contributed by atoms with Crippen molar-refractivity contribution in [1.29, 1.82) is 0 Å². The molecule has 6 nitrogen and oxygen atoms in total. The van der Waals surface area contributed by atoms with Gasteiger partial charge in [-0.25, -0.2) is 9.69 Å². The van der Waals surface area contributed by atoms with Crippen LogP contribution < -0.4 is 10.2 Å². The number of aromatic nitrogens is 1. The first kappa shape index (κ1) is 23.8. The molecule has 1 aliphatic rings. The second kappa shape index (κ2) is 9.87. The first-order chi connectivity index (χ1) is 16.3. The van der Waals surface area contributed by atoms with Crippen molar-refractivity contribution in [3.05, 3.63) is 93.2 Å². The van der Waals surface area contributed by atoms with Crippen LogP contribution in [0.2, 0.25) is 10.0 Å². The minimum atomic E-state index is -0.776. The van der Waals surface area contributed by atoms with Gasteiger partial charge in [-0.05, 0) is 60.4 Å². The molecule has 1 aliphatic heterocycles. The van der Waals surface area contributed by atoms with Gasteiger partial charge in [-0.15, -0.1) is 0 Å². The lowest BCUT2D eigenvalue weighted by molar-refractivity contribution is -0.122. The number of rotatable bonds is 6. The first-order valence-corrected chi connectivity index (χ1v) is 11.6. The molecule has 0 spiro atoms. The third-order valence-electron chi connectivity index (χ3n) is 5.98. The van der Waals surface area contributed by atoms with E-state index in [0.717, 1.165) is 22.4 Å². The molecule has 8 heteroatoms. The molecule has 2 heterocycles. The summed E-state index contributed by atoms with van der Waals surface area (Å²) >= 11 is 12.6. The molecule has 1 unspecified atom stereocenters. The number of hydrogen-bond donors (Lipinski definition) is 1. The van der Waals surface area contributed by atoms with Crippen LogP contribution in [-0.4, -0.2) is 22.4 Å². The van der Waals surface area contributed by atoms with Crippen molar-refractivity contribution >= 4 is 52.8 Å². The second-order valence-corrected chi connectivity index (χ2v) is 8.93. The number of anilines is 1. The van der Waals surface area contributed by atoms with Gasteiger partial charge in [-0.2, -0.15) is 0 Å². The average Bonchev–Trinajstić information content (AvgIpc) is 3.25. The predicted octanol–water partition coefficient (Wildman–Crippen LogP) is 6.02. The third-order valence-corrected chi connectivity index (χ3v) is 6.69. The number of hydrogen-bond acceptors (Lipinski definition) is 3. The Morgan fingerprint density at radius 1 is 0.971 bits per heavy atom. The number of nitrogens with one attached hydrogen (secondary N) is 1. The molecule has 4 amide bonds. The summed E-state index contributed by atoms with van der Waals surface area (Å²) in [7, 11) is 0. The molecule has 0 bridgehead atoms. The van der Waals surface area contributed by atoms with Gasteiger partial charge in [0, 0.05) is 27.5 Å². The molecule has 4 rings (SSSR count). The molecule has 1 N–H and O–H groups in total. The van der Waals surface area contributed by atoms with Crippen molar-refractivity contribution in [2.24, 2.45) is 0 Å². The Hall–Kier alpha value is -3.35. The fourth-order valence-electron chi connectivity index (χ4n) is 3.78. The van der Waals surface area contributed by atoms with Gasteiger partial charge in [0.15, 0.2) is 0 Å². The Labute approximate surface area is 207 Å². The fraction of sp³-hybridized carbons (Fsp3) is 0.192. The Bertz CT molecular complexity index is 1270. The first-order valence-electron chi connectivity index (χ1n) is 10.9. The van der Waals surface area contributed by atoms with Crippen molar-refractivity contribution in [3.8, 4) is 0 Å².